The molecule has 0 saturated carbocycles. The average molecular weight is 391 g/mol. The van der Waals surface area contributed by atoms with Crippen LogP contribution in [0.25, 0.3) is 0 Å². The molecule has 148 valence electrons. The predicted molar refractivity (Wildman–Crippen MR) is 107 cm³/mol. The number of carbonyl (C=O) groups excluding carboxylic acids is 2. The number of nitrogens with zero attached hydrogens (tertiary/aromatic N) is 4. The second-order valence-electron chi connectivity index (χ2n) is 7.85. The first-order valence-electron chi connectivity index (χ1n) is 10.3. The molecular formula is C20H30N4O2S. The predicted octanol–water partition coefficient (Wildman–Crippen LogP) is 2.64. The first kappa shape index (κ1) is 18.7. The van der Waals surface area contributed by atoms with Gasteiger partial charge in [0, 0.05) is 50.7 Å². The van der Waals surface area contributed by atoms with Gasteiger partial charge >= 0.3 is 6.03 Å². The maximum Gasteiger partial charge on any atom is 0.320 e. The topological polar surface area (TPSA) is 47.1 Å². The Bertz CT molecular complexity index is 636. The number of urea groups is 1. The number of piperidine rings is 1. The summed E-state index contributed by atoms with van der Waals surface area (Å²) in [6.45, 7) is 6.20. The number of hydrogen-bond donors (Lipinski definition) is 0. The van der Waals surface area contributed by atoms with Gasteiger partial charge in [-0.1, -0.05) is 6.07 Å². The zero-order valence-corrected chi connectivity index (χ0v) is 16.8. The van der Waals surface area contributed by atoms with E-state index < -0.39 is 0 Å². The third-order valence-corrected chi connectivity index (χ3v) is 7.05. The molecule has 0 bridgehead atoms. The van der Waals surface area contributed by atoms with Crippen molar-refractivity contribution in [3.63, 3.8) is 0 Å². The lowest BCUT2D eigenvalue weighted by Crippen LogP contribution is -2.55. The Morgan fingerprint density at radius 2 is 1.67 bits per heavy atom. The van der Waals surface area contributed by atoms with Crippen LogP contribution in [0.5, 0.6) is 0 Å². The number of likely N-dealkylation sites (tertiary alicyclic amines) is 2. The van der Waals surface area contributed by atoms with Crippen molar-refractivity contribution in [1.82, 2.24) is 19.6 Å². The quantitative estimate of drug-likeness (QED) is 0.797. The van der Waals surface area contributed by atoms with Crippen LogP contribution < -0.4 is 0 Å². The third kappa shape index (κ3) is 4.29. The highest BCUT2D eigenvalue weighted by atomic mass is 32.1. The zero-order chi connectivity index (χ0) is 18.6. The largest absolute Gasteiger partial charge is 0.334 e. The van der Waals surface area contributed by atoms with E-state index in [0.717, 1.165) is 71.5 Å². The Morgan fingerprint density at radius 1 is 0.926 bits per heavy atom. The molecule has 27 heavy (non-hydrogen) atoms. The highest BCUT2D eigenvalue weighted by Crippen LogP contribution is 2.34. The fourth-order valence-electron chi connectivity index (χ4n) is 4.51. The highest BCUT2D eigenvalue weighted by molar-refractivity contribution is 7.10. The Kier molecular flexibility index (Phi) is 5.98. The van der Waals surface area contributed by atoms with Crippen molar-refractivity contribution in [2.75, 3.05) is 52.4 Å². The van der Waals surface area contributed by atoms with Gasteiger partial charge in [-0.3, -0.25) is 9.69 Å². The van der Waals surface area contributed by atoms with Gasteiger partial charge in [0.05, 0.1) is 12.6 Å². The molecule has 1 aromatic heterocycles. The molecule has 4 rings (SSSR count). The van der Waals surface area contributed by atoms with E-state index in [1.165, 1.54) is 11.3 Å². The summed E-state index contributed by atoms with van der Waals surface area (Å²) in [6.07, 6.45) is 5.66. The van der Waals surface area contributed by atoms with Crippen molar-refractivity contribution >= 4 is 23.3 Å². The van der Waals surface area contributed by atoms with E-state index in [0.29, 0.717) is 6.54 Å². The summed E-state index contributed by atoms with van der Waals surface area (Å²) in [7, 11) is 0. The lowest BCUT2D eigenvalue weighted by atomic mass is 10.1. The third-order valence-electron chi connectivity index (χ3n) is 6.07. The maximum atomic E-state index is 12.9. The number of rotatable bonds is 3. The molecule has 0 radical (unpaired) electrons. The minimum Gasteiger partial charge on any atom is -0.334 e. The summed E-state index contributed by atoms with van der Waals surface area (Å²) in [6, 6.07) is 4.67. The van der Waals surface area contributed by atoms with Crippen molar-refractivity contribution in [2.45, 2.75) is 38.1 Å². The van der Waals surface area contributed by atoms with Gasteiger partial charge in [-0.2, -0.15) is 0 Å². The summed E-state index contributed by atoms with van der Waals surface area (Å²) in [5.74, 6) is 0.238. The second-order valence-corrected chi connectivity index (χ2v) is 8.83. The molecule has 0 spiro atoms. The van der Waals surface area contributed by atoms with Gasteiger partial charge < -0.3 is 14.7 Å². The molecule has 3 aliphatic rings. The van der Waals surface area contributed by atoms with E-state index in [-0.39, 0.29) is 18.0 Å². The van der Waals surface area contributed by atoms with Crippen molar-refractivity contribution in [3.8, 4) is 0 Å². The summed E-state index contributed by atoms with van der Waals surface area (Å²) >= 11 is 1.75. The smallest absolute Gasteiger partial charge is 0.320 e. The standard InChI is InChI=1S/C20H30N4O2S/c25-19(24-10-4-6-17(24)18-7-5-15-27-18)16-21-11-13-23(14-12-21)20(26)22-8-2-1-3-9-22/h5,7,15,17H,1-4,6,8-14,16H2. The number of hydrogen-bond acceptors (Lipinski definition) is 4. The average Bonchev–Trinajstić information content (AvgIpc) is 3.40. The van der Waals surface area contributed by atoms with E-state index >= 15 is 0 Å². The summed E-state index contributed by atoms with van der Waals surface area (Å²) in [5.41, 5.74) is 0. The fraction of sp³-hybridized carbons (Fsp3) is 0.700. The SMILES string of the molecule is O=C(N1CCCCC1)N1CCN(CC(=O)N2CCCC2c2cccs2)CC1. The second kappa shape index (κ2) is 8.61. The Hall–Kier alpha value is -1.60. The minimum atomic E-state index is 0.193. The van der Waals surface area contributed by atoms with Crippen LogP contribution in [0.4, 0.5) is 4.79 Å². The molecule has 3 saturated heterocycles. The van der Waals surface area contributed by atoms with Gasteiger partial charge in [0.25, 0.3) is 0 Å². The fourth-order valence-corrected chi connectivity index (χ4v) is 5.38. The van der Waals surface area contributed by atoms with Crippen LogP contribution >= 0.6 is 11.3 Å². The Labute approximate surface area is 165 Å². The van der Waals surface area contributed by atoms with E-state index in [1.807, 2.05) is 9.80 Å². The maximum absolute atomic E-state index is 12.9. The normalized spacial score (nSPS) is 24.4. The van der Waals surface area contributed by atoms with Gasteiger partial charge in [0.2, 0.25) is 5.91 Å². The van der Waals surface area contributed by atoms with Crippen LogP contribution in [0.3, 0.4) is 0 Å². The number of piperazine rings is 1. The van der Waals surface area contributed by atoms with Gasteiger partial charge in [-0.25, -0.2) is 4.79 Å². The number of carbonyl (C=O) groups is 2. The van der Waals surface area contributed by atoms with E-state index in [9.17, 15) is 9.59 Å². The molecule has 6 nitrogen and oxygen atoms in total. The Morgan fingerprint density at radius 3 is 2.37 bits per heavy atom. The van der Waals surface area contributed by atoms with Gasteiger partial charge in [0.1, 0.15) is 0 Å². The molecule has 4 heterocycles. The molecule has 3 amide bonds. The van der Waals surface area contributed by atoms with Gasteiger partial charge in [-0.15, -0.1) is 11.3 Å². The van der Waals surface area contributed by atoms with Crippen LogP contribution in [0.15, 0.2) is 17.5 Å². The monoisotopic (exact) mass is 390 g/mol. The van der Waals surface area contributed by atoms with Crippen molar-refractivity contribution < 1.29 is 9.59 Å². The summed E-state index contributed by atoms with van der Waals surface area (Å²) in [5, 5.41) is 2.09. The van der Waals surface area contributed by atoms with Crippen LogP contribution in [0.1, 0.15) is 43.0 Å². The summed E-state index contributed by atoms with van der Waals surface area (Å²) in [4.78, 5) is 35.1. The van der Waals surface area contributed by atoms with E-state index in [1.54, 1.807) is 11.3 Å². The first-order valence-corrected chi connectivity index (χ1v) is 11.2. The van der Waals surface area contributed by atoms with Gasteiger partial charge in [-0.05, 0) is 43.6 Å². The molecule has 0 aliphatic carbocycles. The molecule has 0 N–H and O–H groups in total. The minimum absolute atomic E-state index is 0.193. The zero-order valence-electron chi connectivity index (χ0n) is 16.0. The van der Waals surface area contributed by atoms with E-state index in [2.05, 4.69) is 27.3 Å². The van der Waals surface area contributed by atoms with Crippen LogP contribution in [-0.2, 0) is 4.79 Å². The molecule has 0 aromatic carbocycles. The van der Waals surface area contributed by atoms with E-state index in [4.69, 9.17) is 0 Å². The van der Waals surface area contributed by atoms with Crippen molar-refractivity contribution in [3.05, 3.63) is 22.4 Å². The molecule has 1 aromatic rings. The lowest BCUT2D eigenvalue weighted by molar-refractivity contribution is -0.133. The van der Waals surface area contributed by atoms with Crippen LogP contribution in [0, 0.1) is 0 Å². The molecule has 3 fully saturated rings. The van der Waals surface area contributed by atoms with Crippen LogP contribution in [-0.4, -0.2) is 83.9 Å². The van der Waals surface area contributed by atoms with Crippen molar-refractivity contribution in [2.24, 2.45) is 0 Å². The first-order chi connectivity index (χ1) is 13.2. The summed E-state index contributed by atoms with van der Waals surface area (Å²) < 4.78 is 0. The molecule has 7 heteroatoms. The highest BCUT2D eigenvalue weighted by Gasteiger charge is 2.32. The lowest BCUT2D eigenvalue weighted by Gasteiger charge is -2.39. The number of thiophene rings is 1. The number of amides is 3. The molecule has 1 atom stereocenters. The van der Waals surface area contributed by atoms with Crippen LogP contribution in [0.2, 0.25) is 0 Å². The molecule has 3 aliphatic heterocycles. The van der Waals surface area contributed by atoms with Gasteiger partial charge in [0.15, 0.2) is 0 Å². The Balaban J connectivity index is 1.26. The molecule has 1 unspecified atom stereocenters. The molecular weight excluding hydrogens is 360 g/mol. The van der Waals surface area contributed by atoms with Crippen molar-refractivity contribution in [1.29, 1.82) is 0 Å².